The van der Waals surface area contributed by atoms with Crippen molar-refractivity contribution in [2.75, 3.05) is 12.4 Å². The average molecular weight is 412 g/mol. The summed E-state index contributed by atoms with van der Waals surface area (Å²) in [5.74, 6) is 1.33. The van der Waals surface area contributed by atoms with E-state index in [9.17, 15) is 4.79 Å². The number of rotatable bonds is 6. The molecule has 1 N–H and O–H groups in total. The molecule has 0 unspecified atom stereocenters. The summed E-state index contributed by atoms with van der Waals surface area (Å²) < 4.78 is 5.47. The first kappa shape index (κ1) is 20.3. The first-order chi connectivity index (χ1) is 13.5. The molecule has 28 heavy (non-hydrogen) atoms. The largest absolute Gasteiger partial charge is 0.496 e. The van der Waals surface area contributed by atoms with Gasteiger partial charge in [-0.3, -0.25) is 4.79 Å². The van der Waals surface area contributed by atoms with Crippen LogP contribution in [0.25, 0.3) is 0 Å². The number of hydrogen-bond acceptors (Lipinski definition) is 3. The standard InChI is InChI=1S/C23H22ClNO2S/c1-15-5-4-6-21(16(15)2)25-23(26)17-7-12-22(27-3)18(13-17)14-28-20-10-8-19(24)9-11-20/h4-13H,14H2,1-3H3,(H,25,26). The van der Waals surface area contributed by atoms with Crippen molar-refractivity contribution in [2.45, 2.75) is 24.5 Å². The summed E-state index contributed by atoms with van der Waals surface area (Å²) in [7, 11) is 1.64. The number of nitrogens with one attached hydrogen (secondary N) is 1. The van der Waals surface area contributed by atoms with Gasteiger partial charge >= 0.3 is 0 Å². The summed E-state index contributed by atoms with van der Waals surface area (Å²) in [6.07, 6.45) is 0. The minimum absolute atomic E-state index is 0.130. The maximum atomic E-state index is 12.8. The summed E-state index contributed by atoms with van der Waals surface area (Å²) in [6, 6.07) is 19.1. The summed E-state index contributed by atoms with van der Waals surface area (Å²) in [5.41, 5.74) is 4.62. The van der Waals surface area contributed by atoms with E-state index in [1.54, 1.807) is 24.9 Å². The fraction of sp³-hybridized carbons (Fsp3) is 0.174. The molecule has 0 aromatic heterocycles. The SMILES string of the molecule is COc1ccc(C(=O)Nc2cccc(C)c2C)cc1CSc1ccc(Cl)cc1. The molecular formula is C23H22ClNO2S. The molecule has 0 radical (unpaired) electrons. The van der Waals surface area contributed by atoms with Gasteiger partial charge in [-0.1, -0.05) is 23.7 Å². The lowest BCUT2D eigenvalue weighted by Crippen LogP contribution is -2.13. The maximum Gasteiger partial charge on any atom is 0.255 e. The van der Waals surface area contributed by atoms with Crippen molar-refractivity contribution in [2.24, 2.45) is 0 Å². The fourth-order valence-corrected chi connectivity index (χ4v) is 3.81. The molecule has 0 aliphatic heterocycles. The number of carbonyl (C=O) groups excluding carboxylic acids is 1. The van der Waals surface area contributed by atoms with E-state index in [0.717, 1.165) is 33.0 Å². The van der Waals surface area contributed by atoms with Crippen LogP contribution in [-0.2, 0) is 5.75 Å². The van der Waals surface area contributed by atoms with Crippen molar-refractivity contribution >= 4 is 35.0 Å². The van der Waals surface area contributed by atoms with Gasteiger partial charge in [-0.2, -0.15) is 0 Å². The lowest BCUT2D eigenvalue weighted by Gasteiger charge is -2.13. The molecule has 0 heterocycles. The number of thioether (sulfide) groups is 1. The number of carbonyl (C=O) groups is 1. The van der Waals surface area contributed by atoms with Gasteiger partial charge in [0.15, 0.2) is 0 Å². The molecule has 0 atom stereocenters. The Morgan fingerprint density at radius 3 is 2.54 bits per heavy atom. The van der Waals surface area contributed by atoms with Crippen LogP contribution < -0.4 is 10.1 Å². The van der Waals surface area contributed by atoms with Crippen molar-refractivity contribution in [1.82, 2.24) is 0 Å². The van der Waals surface area contributed by atoms with E-state index in [-0.39, 0.29) is 5.91 Å². The fourth-order valence-electron chi connectivity index (χ4n) is 2.81. The van der Waals surface area contributed by atoms with Gasteiger partial charge in [0.25, 0.3) is 5.91 Å². The number of hydrogen-bond donors (Lipinski definition) is 1. The second-order valence-corrected chi connectivity index (χ2v) is 7.96. The Labute approximate surface area is 175 Å². The summed E-state index contributed by atoms with van der Waals surface area (Å²) in [4.78, 5) is 13.9. The van der Waals surface area contributed by atoms with E-state index < -0.39 is 0 Å². The van der Waals surface area contributed by atoms with Gasteiger partial charge in [-0.05, 0) is 73.5 Å². The molecule has 0 bridgehead atoms. The molecule has 0 saturated carbocycles. The van der Waals surface area contributed by atoms with Gasteiger partial charge in [-0.25, -0.2) is 0 Å². The van der Waals surface area contributed by atoms with Gasteiger partial charge in [0.1, 0.15) is 5.75 Å². The molecule has 0 fully saturated rings. The number of ether oxygens (including phenoxy) is 1. The van der Waals surface area contributed by atoms with Crippen LogP contribution in [0.2, 0.25) is 5.02 Å². The number of halogens is 1. The number of amides is 1. The average Bonchev–Trinajstić information content (AvgIpc) is 2.70. The Balaban J connectivity index is 1.78. The molecule has 1 amide bonds. The number of aryl methyl sites for hydroxylation is 1. The molecule has 5 heteroatoms. The zero-order valence-electron chi connectivity index (χ0n) is 16.1. The van der Waals surface area contributed by atoms with Crippen molar-refractivity contribution in [3.63, 3.8) is 0 Å². The minimum atomic E-state index is -0.130. The molecule has 0 aliphatic carbocycles. The Kier molecular flexibility index (Phi) is 6.65. The normalized spacial score (nSPS) is 10.6. The van der Waals surface area contributed by atoms with Crippen molar-refractivity contribution in [3.8, 4) is 5.75 Å². The quantitative estimate of drug-likeness (QED) is 0.470. The lowest BCUT2D eigenvalue weighted by atomic mass is 10.1. The number of benzene rings is 3. The highest BCUT2D eigenvalue weighted by molar-refractivity contribution is 7.98. The minimum Gasteiger partial charge on any atom is -0.496 e. The highest BCUT2D eigenvalue weighted by atomic mass is 35.5. The highest BCUT2D eigenvalue weighted by Gasteiger charge is 2.12. The first-order valence-corrected chi connectivity index (χ1v) is 10.3. The van der Waals surface area contributed by atoms with E-state index in [4.69, 9.17) is 16.3 Å². The van der Waals surface area contributed by atoms with Gasteiger partial charge in [0.05, 0.1) is 7.11 Å². The monoisotopic (exact) mass is 411 g/mol. The van der Waals surface area contributed by atoms with E-state index in [1.807, 2.05) is 68.4 Å². The predicted molar refractivity (Wildman–Crippen MR) is 118 cm³/mol. The topological polar surface area (TPSA) is 38.3 Å². The van der Waals surface area contributed by atoms with Crippen LogP contribution in [0, 0.1) is 13.8 Å². The Morgan fingerprint density at radius 1 is 1.07 bits per heavy atom. The third-order valence-corrected chi connectivity index (χ3v) is 5.92. The maximum absolute atomic E-state index is 12.8. The zero-order valence-corrected chi connectivity index (χ0v) is 17.7. The first-order valence-electron chi connectivity index (χ1n) is 8.91. The van der Waals surface area contributed by atoms with E-state index >= 15 is 0 Å². The van der Waals surface area contributed by atoms with Crippen LogP contribution in [0.4, 0.5) is 5.69 Å². The van der Waals surface area contributed by atoms with Gasteiger partial charge in [0.2, 0.25) is 0 Å². The van der Waals surface area contributed by atoms with E-state index in [1.165, 1.54) is 0 Å². The second kappa shape index (κ2) is 9.18. The third-order valence-electron chi connectivity index (χ3n) is 4.60. The molecule has 144 valence electrons. The Bertz CT molecular complexity index is 986. The van der Waals surface area contributed by atoms with Crippen molar-refractivity contribution in [3.05, 3.63) is 87.9 Å². The van der Waals surface area contributed by atoms with Crippen LogP contribution >= 0.6 is 23.4 Å². The highest BCUT2D eigenvalue weighted by Crippen LogP contribution is 2.30. The molecule has 0 aliphatic rings. The molecule has 0 saturated heterocycles. The molecular weight excluding hydrogens is 390 g/mol. The van der Waals surface area contributed by atoms with Crippen LogP contribution in [0.1, 0.15) is 27.0 Å². The zero-order chi connectivity index (χ0) is 20.1. The second-order valence-electron chi connectivity index (χ2n) is 6.47. The van der Waals surface area contributed by atoms with Crippen LogP contribution in [-0.4, -0.2) is 13.0 Å². The number of anilines is 1. The summed E-state index contributed by atoms with van der Waals surface area (Å²) in [6.45, 7) is 4.04. The Morgan fingerprint density at radius 2 is 1.82 bits per heavy atom. The molecule has 0 spiro atoms. The molecule has 3 rings (SSSR count). The van der Waals surface area contributed by atoms with Crippen LogP contribution in [0.5, 0.6) is 5.75 Å². The number of methoxy groups -OCH3 is 1. The summed E-state index contributed by atoms with van der Waals surface area (Å²) in [5, 5.41) is 3.73. The van der Waals surface area contributed by atoms with Crippen molar-refractivity contribution < 1.29 is 9.53 Å². The molecule has 3 aromatic rings. The third kappa shape index (κ3) is 4.89. The van der Waals surface area contributed by atoms with Crippen LogP contribution in [0.15, 0.2) is 65.6 Å². The molecule has 3 aromatic carbocycles. The smallest absolute Gasteiger partial charge is 0.255 e. The van der Waals surface area contributed by atoms with Crippen LogP contribution in [0.3, 0.4) is 0 Å². The van der Waals surface area contributed by atoms with E-state index in [0.29, 0.717) is 16.3 Å². The van der Waals surface area contributed by atoms with Gasteiger partial charge in [-0.15, -0.1) is 11.8 Å². The summed E-state index contributed by atoms with van der Waals surface area (Å²) >= 11 is 7.62. The molecule has 3 nitrogen and oxygen atoms in total. The lowest BCUT2D eigenvalue weighted by molar-refractivity contribution is 0.102. The van der Waals surface area contributed by atoms with Gasteiger partial charge < -0.3 is 10.1 Å². The Hall–Kier alpha value is -2.43. The predicted octanol–water partition coefficient (Wildman–Crippen LogP) is 6.51. The van der Waals surface area contributed by atoms with Crippen molar-refractivity contribution in [1.29, 1.82) is 0 Å². The van der Waals surface area contributed by atoms with Gasteiger partial charge in [0, 0.05) is 32.5 Å². The van der Waals surface area contributed by atoms with E-state index in [2.05, 4.69) is 5.32 Å².